The maximum atomic E-state index is 12.7. The van der Waals surface area contributed by atoms with Gasteiger partial charge >= 0.3 is 11.8 Å². The van der Waals surface area contributed by atoms with Crippen molar-refractivity contribution in [2.24, 2.45) is 0 Å². The van der Waals surface area contributed by atoms with Crippen LogP contribution in [0, 0.1) is 0 Å². The molecule has 0 unspecified atom stereocenters. The number of hydrogen-bond donors (Lipinski definition) is 2. The molecule has 4 aromatic rings. The summed E-state index contributed by atoms with van der Waals surface area (Å²) in [5.41, 5.74) is 2.04. The minimum atomic E-state index is -0.391. The Morgan fingerprint density at radius 2 is 1.50 bits per heavy atom. The highest BCUT2D eigenvalue weighted by molar-refractivity contribution is 6.31. The summed E-state index contributed by atoms with van der Waals surface area (Å²) in [6.07, 6.45) is 3.36. The second-order valence-corrected chi connectivity index (χ2v) is 9.71. The van der Waals surface area contributed by atoms with Crippen LogP contribution >= 0.6 is 23.2 Å². The highest BCUT2D eigenvalue weighted by Gasteiger charge is 2.26. The smallest absolute Gasteiger partial charge is 0.309 e. The molecule has 1 fully saturated rings. The molecule has 10 heteroatoms. The van der Waals surface area contributed by atoms with E-state index in [4.69, 9.17) is 27.6 Å². The standard InChI is InChI=1S/C26H23Cl2N5O3/c27-17-4-1-15(2-5-17)13-23-32-33-26(36-23)25(35)30-20-9-7-19(8-10-20)29-24(34)22-11-3-16-14-18(28)6-12-21(16)31-22/h1-6,11-12,14,19-20H,7-10,13H2,(H,29,34)(H,30,35). The fourth-order valence-corrected chi connectivity index (χ4v) is 4.61. The zero-order chi connectivity index (χ0) is 25.1. The molecule has 0 saturated heterocycles. The summed E-state index contributed by atoms with van der Waals surface area (Å²) >= 11 is 11.9. The van der Waals surface area contributed by atoms with Crippen molar-refractivity contribution < 1.29 is 14.0 Å². The van der Waals surface area contributed by atoms with Crippen LogP contribution < -0.4 is 10.6 Å². The molecule has 2 amide bonds. The average molecular weight is 524 g/mol. The topological polar surface area (TPSA) is 110 Å². The molecule has 0 radical (unpaired) electrons. The van der Waals surface area contributed by atoms with Crippen molar-refractivity contribution in [1.29, 1.82) is 0 Å². The Bertz CT molecular complexity index is 1400. The van der Waals surface area contributed by atoms with E-state index in [1.807, 2.05) is 24.3 Å². The summed E-state index contributed by atoms with van der Waals surface area (Å²) in [4.78, 5) is 29.7. The highest BCUT2D eigenvalue weighted by atomic mass is 35.5. The van der Waals surface area contributed by atoms with Crippen LogP contribution in [0.15, 0.2) is 59.0 Å². The van der Waals surface area contributed by atoms with Crippen LogP contribution in [-0.2, 0) is 6.42 Å². The van der Waals surface area contributed by atoms with E-state index in [1.54, 1.807) is 30.3 Å². The van der Waals surface area contributed by atoms with E-state index in [-0.39, 0.29) is 23.9 Å². The van der Waals surface area contributed by atoms with Crippen LogP contribution in [0.1, 0.15) is 58.3 Å². The highest BCUT2D eigenvalue weighted by Crippen LogP contribution is 2.21. The van der Waals surface area contributed by atoms with Crippen molar-refractivity contribution >= 4 is 45.9 Å². The van der Waals surface area contributed by atoms with E-state index >= 15 is 0 Å². The molecular formula is C26H23Cl2N5O3. The fraction of sp³-hybridized carbons (Fsp3) is 0.269. The first-order chi connectivity index (χ1) is 17.4. The number of nitrogens with one attached hydrogen (secondary N) is 2. The lowest BCUT2D eigenvalue weighted by atomic mass is 9.91. The Kier molecular flexibility index (Phi) is 7.16. The van der Waals surface area contributed by atoms with E-state index < -0.39 is 5.91 Å². The lowest BCUT2D eigenvalue weighted by Gasteiger charge is -2.29. The van der Waals surface area contributed by atoms with Gasteiger partial charge in [0, 0.05) is 27.5 Å². The number of aromatic nitrogens is 3. The predicted octanol–water partition coefficient (Wildman–Crippen LogP) is 4.99. The van der Waals surface area contributed by atoms with Gasteiger partial charge in [-0.15, -0.1) is 10.2 Å². The van der Waals surface area contributed by atoms with Crippen molar-refractivity contribution in [2.75, 3.05) is 0 Å². The number of amides is 2. The van der Waals surface area contributed by atoms with E-state index in [0.717, 1.165) is 42.1 Å². The molecule has 0 aliphatic heterocycles. The largest absolute Gasteiger partial charge is 0.417 e. The van der Waals surface area contributed by atoms with Crippen LogP contribution in [0.4, 0.5) is 0 Å². The van der Waals surface area contributed by atoms with Crippen molar-refractivity contribution in [1.82, 2.24) is 25.8 Å². The van der Waals surface area contributed by atoms with Gasteiger partial charge in [0.15, 0.2) is 0 Å². The molecule has 1 saturated carbocycles. The Balaban J connectivity index is 1.10. The van der Waals surface area contributed by atoms with E-state index in [2.05, 4.69) is 25.8 Å². The third kappa shape index (κ3) is 5.83. The summed E-state index contributed by atoms with van der Waals surface area (Å²) in [5, 5.41) is 16.0. The Morgan fingerprint density at radius 3 is 2.22 bits per heavy atom. The maximum Gasteiger partial charge on any atom is 0.309 e. The summed E-state index contributed by atoms with van der Waals surface area (Å²) in [7, 11) is 0. The number of carbonyl (C=O) groups is 2. The zero-order valence-electron chi connectivity index (χ0n) is 19.2. The molecular weight excluding hydrogens is 501 g/mol. The van der Waals surface area contributed by atoms with Crippen molar-refractivity contribution in [3.05, 3.63) is 87.7 Å². The summed E-state index contributed by atoms with van der Waals surface area (Å²) in [6, 6.07) is 16.2. The number of nitrogens with zero attached hydrogens (tertiary/aromatic N) is 3. The van der Waals surface area contributed by atoms with Gasteiger partial charge in [0.05, 0.1) is 11.9 Å². The van der Waals surface area contributed by atoms with Gasteiger partial charge in [-0.1, -0.05) is 41.4 Å². The number of halogens is 2. The van der Waals surface area contributed by atoms with Crippen LogP contribution in [-0.4, -0.2) is 39.1 Å². The normalized spacial score (nSPS) is 17.6. The molecule has 0 atom stereocenters. The Morgan fingerprint density at radius 1 is 0.833 bits per heavy atom. The van der Waals surface area contributed by atoms with Gasteiger partial charge < -0.3 is 15.1 Å². The third-order valence-corrected chi connectivity index (χ3v) is 6.70. The second kappa shape index (κ2) is 10.6. The molecule has 5 rings (SSSR count). The van der Waals surface area contributed by atoms with Gasteiger partial charge in [-0.3, -0.25) is 9.59 Å². The number of hydrogen-bond acceptors (Lipinski definition) is 6. The zero-order valence-corrected chi connectivity index (χ0v) is 20.7. The molecule has 1 aliphatic carbocycles. The average Bonchev–Trinajstić information content (AvgIpc) is 3.35. The third-order valence-electron chi connectivity index (χ3n) is 6.21. The number of fused-ring (bicyclic) bond motifs is 1. The van der Waals surface area contributed by atoms with Gasteiger partial charge in [-0.25, -0.2) is 4.98 Å². The summed E-state index contributed by atoms with van der Waals surface area (Å²) < 4.78 is 5.54. The molecule has 2 aromatic carbocycles. The van der Waals surface area contributed by atoms with Gasteiger partial charge in [0.1, 0.15) is 5.69 Å². The van der Waals surface area contributed by atoms with Gasteiger partial charge in [-0.05, 0) is 67.6 Å². The van der Waals surface area contributed by atoms with Gasteiger partial charge in [0.25, 0.3) is 5.91 Å². The van der Waals surface area contributed by atoms with Crippen molar-refractivity contribution in [2.45, 2.75) is 44.2 Å². The Labute approximate surface area is 217 Å². The van der Waals surface area contributed by atoms with Crippen LogP contribution in [0.3, 0.4) is 0 Å². The van der Waals surface area contributed by atoms with Crippen molar-refractivity contribution in [3.8, 4) is 0 Å². The quantitative estimate of drug-likeness (QED) is 0.368. The molecule has 0 spiro atoms. The second-order valence-electron chi connectivity index (χ2n) is 8.83. The van der Waals surface area contributed by atoms with Crippen LogP contribution in [0.2, 0.25) is 10.0 Å². The van der Waals surface area contributed by atoms with Crippen molar-refractivity contribution in [3.63, 3.8) is 0 Å². The first-order valence-electron chi connectivity index (χ1n) is 11.7. The number of benzene rings is 2. The number of rotatable bonds is 6. The van der Waals surface area contributed by atoms with Gasteiger partial charge in [0.2, 0.25) is 5.89 Å². The van der Waals surface area contributed by atoms with Gasteiger partial charge in [-0.2, -0.15) is 0 Å². The SMILES string of the molecule is O=C(NC1CCC(NC(=O)c2nnc(Cc3ccc(Cl)cc3)o2)CC1)c1ccc2cc(Cl)ccc2n1. The van der Waals surface area contributed by atoms with E-state index in [9.17, 15) is 9.59 Å². The van der Waals surface area contributed by atoms with Crippen LogP contribution in [0.5, 0.6) is 0 Å². The molecule has 8 nitrogen and oxygen atoms in total. The molecule has 1 aliphatic rings. The fourth-order valence-electron chi connectivity index (χ4n) is 4.31. The van der Waals surface area contributed by atoms with E-state index in [0.29, 0.717) is 28.1 Å². The maximum absolute atomic E-state index is 12.7. The minimum Gasteiger partial charge on any atom is -0.417 e. The Hall–Kier alpha value is -3.49. The lowest BCUT2D eigenvalue weighted by Crippen LogP contribution is -2.44. The summed E-state index contributed by atoms with van der Waals surface area (Å²) in [6.45, 7) is 0. The molecule has 36 heavy (non-hydrogen) atoms. The molecule has 0 bridgehead atoms. The lowest BCUT2D eigenvalue weighted by molar-refractivity contribution is 0.0868. The first kappa shape index (κ1) is 24.2. The number of pyridine rings is 1. The molecule has 2 aromatic heterocycles. The molecule has 184 valence electrons. The molecule has 2 N–H and O–H groups in total. The summed E-state index contributed by atoms with van der Waals surface area (Å²) in [5.74, 6) is -0.298. The molecule has 2 heterocycles. The monoisotopic (exact) mass is 523 g/mol. The minimum absolute atomic E-state index is 0.0164. The van der Waals surface area contributed by atoms with E-state index in [1.165, 1.54) is 0 Å². The first-order valence-corrected chi connectivity index (χ1v) is 12.4. The predicted molar refractivity (Wildman–Crippen MR) is 136 cm³/mol. The van der Waals surface area contributed by atoms with Crippen LogP contribution in [0.25, 0.3) is 10.9 Å². The number of carbonyl (C=O) groups excluding carboxylic acids is 2.